The molecule has 0 radical (unpaired) electrons. The summed E-state index contributed by atoms with van der Waals surface area (Å²) in [4.78, 5) is 0. The first-order valence-corrected chi connectivity index (χ1v) is 10.6. The molecule has 0 aromatic carbocycles. The van der Waals surface area contributed by atoms with Gasteiger partial charge in [0, 0.05) is 19.4 Å². The molecular weight excluding hydrogens is 248 g/mol. The van der Waals surface area contributed by atoms with Gasteiger partial charge < -0.3 is 9.16 Å². The Bertz CT molecular complexity index is 358. The zero-order valence-electron chi connectivity index (χ0n) is 11.2. The van der Waals surface area contributed by atoms with Crippen molar-refractivity contribution in [3.63, 3.8) is 0 Å². The molecule has 1 saturated heterocycles. The molecule has 96 valence electrons. The van der Waals surface area contributed by atoms with E-state index >= 15 is 0 Å². The Morgan fingerprint density at radius 1 is 1.47 bits per heavy atom. The molecular formula is C13H22O2SSi. The topological polar surface area (TPSA) is 18.5 Å². The maximum atomic E-state index is 6.55. The number of rotatable bonds is 3. The van der Waals surface area contributed by atoms with Crippen LogP contribution in [0.3, 0.4) is 0 Å². The molecule has 1 aliphatic heterocycles. The Labute approximate surface area is 109 Å². The Morgan fingerprint density at radius 2 is 2.24 bits per heavy atom. The van der Waals surface area contributed by atoms with Crippen LogP contribution >= 0.6 is 11.3 Å². The molecule has 2 heterocycles. The minimum absolute atomic E-state index is 0.0951. The van der Waals surface area contributed by atoms with Crippen LogP contribution in [0.2, 0.25) is 19.6 Å². The third-order valence-electron chi connectivity index (χ3n) is 3.07. The van der Waals surface area contributed by atoms with E-state index in [9.17, 15) is 0 Å². The van der Waals surface area contributed by atoms with Crippen molar-refractivity contribution < 1.29 is 9.16 Å². The highest BCUT2D eigenvalue weighted by molar-refractivity contribution is 7.08. The van der Waals surface area contributed by atoms with Crippen molar-refractivity contribution in [2.75, 3.05) is 6.61 Å². The average molecular weight is 270 g/mol. The molecule has 1 aromatic heterocycles. The van der Waals surface area contributed by atoms with Crippen LogP contribution in [0, 0.1) is 0 Å². The third-order valence-corrected chi connectivity index (χ3v) is 4.76. The smallest absolute Gasteiger partial charge is 0.184 e. The van der Waals surface area contributed by atoms with Crippen LogP contribution in [0.4, 0.5) is 0 Å². The van der Waals surface area contributed by atoms with Crippen LogP contribution in [-0.2, 0) is 14.8 Å². The van der Waals surface area contributed by atoms with Crippen molar-refractivity contribution in [2.24, 2.45) is 0 Å². The highest BCUT2D eigenvalue weighted by Crippen LogP contribution is 2.41. The number of thiophene rings is 1. The molecule has 17 heavy (non-hydrogen) atoms. The van der Waals surface area contributed by atoms with Crippen LogP contribution in [0.1, 0.15) is 25.3 Å². The Kier molecular flexibility index (Phi) is 3.78. The van der Waals surface area contributed by atoms with Crippen LogP contribution < -0.4 is 0 Å². The van der Waals surface area contributed by atoms with E-state index in [1.165, 1.54) is 5.56 Å². The predicted molar refractivity (Wildman–Crippen MR) is 75.1 cm³/mol. The van der Waals surface area contributed by atoms with Crippen molar-refractivity contribution in [3.8, 4) is 0 Å². The molecule has 1 aromatic rings. The summed E-state index contributed by atoms with van der Waals surface area (Å²) in [6, 6.07) is 2.21. The number of ether oxygens (including phenoxy) is 1. The minimum Gasteiger partial charge on any atom is -0.408 e. The maximum Gasteiger partial charge on any atom is 0.184 e. The molecule has 0 aliphatic carbocycles. The summed E-state index contributed by atoms with van der Waals surface area (Å²) >= 11 is 1.75. The summed E-state index contributed by atoms with van der Waals surface area (Å²) in [6.45, 7) is 9.75. The zero-order chi connectivity index (χ0) is 12.5. The quantitative estimate of drug-likeness (QED) is 0.773. The molecule has 1 aliphatic rings. The molecule has 2 atom stereocenters. The first kappa shape index (κ1) is 13.3. The van der Waals surface area contributed by atoms with Gasteiger partial charge in [0.05, 0.1) is 11.7 Å². The van der Waals surface area contributed by atoms with E-state index in [0.29, 0.717) is 6.10 Å². The van der Waals surface area contributed by atoms with E-state index < -0.39 is 8.32 Å². The zero-order valence-corrected chi connectivity index (χ0v) is 13.0. The second-order valence-electron chi connectivity index (χ2n) is 5.86. The van der Waals surface area contributed by atoms with Crippen LogP contribution in [0.5, 0.6) is 0 Å². The van der Waals surface area contributed by atoms with Crippen LogP contribution in [0.25, 0.3) is 0 Å². The summed E-state index contributed by atoms with van der Waals surface area (Å²) in [7, 11) is -1.55. The van der Waals surface area contributed by atoms with Gasteiger partial charge in [-0.25, -0.2) is 0 Å². The van der Waals surface area contributed by atoms with Crippen molar-refractivity contribution in [1.29, 1.82) is 0 Å². The summed E-state index contributed by atoms with van der Waals surface area (Å²) in [6.07, 6.45) is 2.26. The Hall–Kier alpha value is -0.163. The fourth-order valence-corrected chi connectivity index (χ4v) is 4.79. The van der Waals surface area contributed by atoms with Crippen molar-refractivity contribution >= 4 is 19.7 Å². The van der Waals surface area contributed by atoms with Crippen LogP contribution in [0.15, 0.2) is 16.8 Å². The van der Waals surface area contributed by atoms with E-state index in [1.807, 2.05) is 0 Å². The molecule has 0 spiro atoms. The molecule has 1 fully saturated rings. The highest BCUT2D eigenvalue weighted by atomic mass is 32.1. The second-order valence-corrected chi connectivity index (χ2v) is 11.1. The molecule has 0 unspecified atom stereocenters. The molecule has 2 nitrogen and oxygen atoms in total. The molecule has 0 N–H and O–H groups in total. The lowest BCUT2D eigenvalue weighted by Crippen LogP contribution is -2.46. The molecule has 0 saturated carbocycles. The van der Waals surface area contributed by atoms with Crippen LogP contribution in [-0.4, -0.2) is 21.0 Å². The summed E-state index contributed by atoms with van der Waals surface area (Å²) < 4.78 is 12.2. The second kappa shape index (κ2) is 4.84. The third kappa shape index (κ3) is 3.19. The molecule has 0 amide bonds. The summed E-state index contributed by atoms with van der Waals surface area (Å²) in [5, 5.41) is 4.38. The van der Waals surface area contributed by atoms with E-state index in [0.717, 1.165) is 19.4 Å². The van der Waals surface area contributed by atoms with Crippen molar-refractivity contribution in [2.45, 2.75) is 51.1 Å². The normalized spacial score (nSPS) is 30.5. The fraction of sp³-hybridized carbons (Fsp3) is 0.692. The molecule has 2 rings (SSSR count). The van der Waals surface area contributed by atoms with Gasteiger partial charge in [-0.3, -0.25) is 0 Å². The van der Waals surface area contributed by atoms with Gasteiger partial charge in [-0.05, 0) is 49.0 Å². The van der Waals surface area contributed by atoms with Gasteiger partial charge in [-0.2, -0.15) is 11.3 Å². The van der Waals surface area contributed by atoms with E-state index in [4.69, 9.17) is 9.16 Å². The Morgan fingerprint density at radius 3 is 2.76 bits per heavy atom. The average Bonchev–Trinajstić information content (AvgIpc) is 2.67. The number of hydrogen-bond donors (Lipinski definition) is 0. The summed E-state index contributed by atoms with van der Waals surface area (Å²) in [5.41, 5.74) is 1.25. The maximum absolute atomic E-state index is 6.55. The standard InChI is InChI=1S/C13H22O2SSi/c1-11-9-13(6-7-14-11,15-17(2,3)4)12-5-8-16-10-12/h5,8,10-11H,6-7,9H2,1-4H3/t11-,13-/m0/s1. The van der Waals surface area contributed by atoms with Crippen molar-refractivity contribution in [3.05, 3.63) is 22.4 Å². The van der Waals surface area contributed by atoms with E-state index in [1.54, 1.807) is 11.3 Å². The van der Waals surface area contributed by atoms with Gasteiger partial charge >= 0.3 is 0 Å². The Balaban J connectivity index is 2.29. The van der Waals surface area contributed by atoms with Gasteiger partial charge in [-0.1, -0.05) is 0 Å². The van der Waals surface area contributed by atoms with Gasteiger partial charge in [0.15, 0.2) is 8.32 Å². The fourth-order valence-electron chi connectivity index (χ4n) is 2.57. The minimum atomic E-state index is -1.55. The number of hydrogen-bond acceptors (Lipinski definition) is 3. The lowest BCUT2D eigenvalue weighted by atomic mass is 9.86. The summed E-state index contributed by atoms with van der Waals surface area (Å²) in [5.74, 6) is 0. The lowest BCUT2D eigenvalue weighted by molar-refractivity contribution is -0.0906. The van der Waals surface area contributed by atoms with E-state index in [2.05, 4.69) is 43.4 Å². The molecule has 0 bridgehead atoms. The van der Waals surface area contributed by atoms with E-state index in [-0.39, 0.29) is 5.60 Å². The van der Waals surface area contributed by atoms with Gasteiger partial charge in [0.25, 0.3) is 0 Å². The first-order chi connectivity index (χ1) is 7.91. The first-order valence-electron chi connectivity index (χ1n) is 6.26. The lowest BCUT2D eigenvalue weighted by Gasteiger charge is -2.43. The van der Waals surface area contributed by atoms with Gasteiger partial charge in [0.2, 0.25) is 0 Å². The van der Waals surface area contributed by atoms with Gasteiger partial charge in [-0.15, -0.1) is 0 Å². The SMILES string of the molecule is C[C@H]1C[C@](O[Si](C)(C)C)(c2ccsc2)CCO1. The molecule has 4 heteroatoms. The highest BCUT2D eigenvalue weighted by Gasteiger charge is 2.41. The predicted octanol–water partition coefficient (Wildman–Crippen LogP) is 3.99. The monoisotopic (exact) mass is 270 g/mol. The van der Waals surface area contributed by atoms with Crippen molar-refractivity contribution in [1.82, 2.24) is 0 Å². The van der Waals surface area contributed by atoms with Gasteiger partial charge in [0.1, 0.15) is 0 Å². The largest absolute Gasteiger partial charge is 0.408 e.